The second-order valence-electron chi connectivity index (χ2n) is 4.90. The van der Waals surface area contributed by atoms with E-state index in [4.69, 9.17) is 10.5 Å². The van der Waals surface area contributed by atoms with Gasteiger partial charge in [0, 0.05) is 12.2 Å². The highest BCUT2D eigenvalue weighted by Gasteiger charge is 2.19. The van der Waals surface area contributed by atoms with E-state index in [1.165, 1.54) is 0 Å². The van der Waals surface area contributed by atoms with Gasteiger partial charge in [-0.1, -0.05) is 12.1 Å². The first-order valence-corrected chi connectivity index (χ1v) is 6.10. The minimum atomic E-state index is -0.293. The molecule has 1 aromatic carbocycles. The van der Waals surface area contributed by atoms with Crippen LogP contribution in [0.1, 0.15) is 25.3 Å². The van der Waals surface area contributed by atoms with Crippen LogP contribution in [0.2, 0.25) is 0 Å². The van der Waals surface area contributed by atoms with E-state index < -0.39 is 0 Å². The Balaban J connectivity index is 2.61. The number of anilines is 1. The van der Waals surface area contributed by atoms with Crippen molar-refractivity contribution in [2.75, 3.05) is 26.4 Å². The van der Waals surface area contributed by atoms with Gasteiger partial charge in [-0.2, -0.15) is 0 Å². The summed E-state index contributed by atoms with van der Waals surface area (Å²) in [6.45, 7) is 4.44. The molecule has 4 heteroatoms. The van der Waals surface area contributed by atoms with E-state index in [0.717, 1.165) is 12.1 Å². The third kappa shape index (κ3) is 4.37. The number of nitrogen functional groups attached to an aromatic ring is 1. The topological polar surface area (TPSA) is 55.6 Å². The summed E-state index contributed by atoms with van der Waals surface area (Å²) in [5.41, 5.74) is 7.25. The van der Waals surface area contributed by atoms with E-state index in [1.807, 2.05) is 51.0 Å². The number of likely N-dealkylation sites (N-methyl/N-ethyl adjacent to an activating group) is 1. The molecule has 1 aromatic rings. The molecule has 0 saturated heterocycles. The van der Waals surface area contributed by atoms with Crippen LogP contribution in [0.5, 0.6) is 0 Å². The fourth-order valence-electron chi connectivity index (χ4n) is 1.82. The van der Waals surface area contributed by atoms with E-state index in [9.17, 15) is 4.79 Å². The molecule has 100 valence electrons. The lowest BCUT2D eigenvalue weighted by atomic mass is 10.0. The average Bonchev–Trinajstić information content (AvgIpc) is 2.26. The molecule has 18 heavy (non-hydrogen) atoms. The van der Waals surface area contributed by atoms with E-state index in [-0.39, 0.29) is 18.0 Å². The summed E-state index contributed by atoms with van der Waals surface area (Å²) in [6, 6.07) is 7.34. The molecule has 4 nitrogen and oxygen atoms in total. The van der Waals surface area contributed by atoms with Crippen molar-refractivity contribution in [3.63, 3.8) is 0 Å². The van der Waals surface area contributed by atoms with E-state index in [1.54, 1.807) is 6.07 Å². The van der Waals surface area contributed by atoms with E-state index >= 15 is 0 Å². The van der Waals surface area contributed by atoms with Crippen LogP contribution in [0.15, 0.2) is 24.3 Å². The molecule has 1 rings (SSSR count). The number of hydrogen-bond donors (Lipinski definition) is 1. The fraction of sp³-hybridized carbons (Fsp3) is 0.500. The number of esters is 1. The average molecular weight is 250 g/mol. The van der Waals surface area contributed by atoms with Gasteiger partial charge < -0.3 is 15.4 Å². The zero-order chi connectivity index (χ0) is 13.7. The normalized spacial score (nSPS) is 14.3. The van der Waals surface area contributed by atoms with Crippen LogP contribution in [0.25, 0.3) is 0 Å². The molecule has 2 unspecified atom stereocenters. The van der Waals surface area contributed by atoms with Crippen LogP contribution in [-0.2, 0) is 9.53 Å². The Morgan fingerprint density at radius 2 is 2.06 bits per heavy atom. The van der Waals surface area contributed by atoms with Crippen LogP contribution in [-0.4, -0.2) is 37.6 Å². The predicted octanol–water partition coefficient (Wildman–Crippen LogP) is 1.87. The minimum absolute atomic E-state index is 0.115. The molecule has 0 amide bonds. The summed E-state index contributed by atoms with van der Waals surface area (Å²) < 4.78 is 5.40. The van der Waals surface area contributed by atoms with Gasteiger partial charge in [0.2, 0.25) is 0 Å². The molecule has 0 fully saturated rings. The van der Waals surface area contributed by atoms with Crippen LogP contribution >= 0.6 is 0 Å². The zero-order valence-electron chi connectivity index (χ0n) is 11.5. The van der Waals surface area contributed by atoms with Gasteiger partial charge in [-0.05, 0) is 45.6 Å². The maximum atomic E-state index is 12.0. The highest BCUT2D eigenvalue weighted by Crippen LogP contribution is 2.19. The first-order chi connectivity index (χ1) is 8.40. The summed E-state index contributed by atoms with van der Waals surface area (Å²) in [4.78, 5) is 14.0. The Labute approximate surface area is 109 Å². The van der Waals surface area contributed by atoms with Gasteiger partial charge in [0.15, 0.2) is 0 Å². The molecule has 0 aliphatic rings. The second-order valence-corrected chi connectivity index (χ2v) is 4.90. The van der Waals surface area contributed by atoms with Crippen molar-refractivity contribution in [3.05, 3.63) is 29.8 Å². The number of ether oxygens (including phenoxy) is 1. The Morgan fingerprint density at radius 3 is 2.61 bits per heavy atom. The molecule has 2 atom stereocenters. The smallest absolute Gasteiger partial charge is 0.313 e. The van der Waals surface area contributed by atoms with Gasteiger partial charge in [0.25, 0.3) is 0 Å². The van der Waals surface area contributed by atoms with Gasteiger partial charge >= 0.3 is 5.97 Å². The number of nitrogens with two attached hydrogens (primary N) is 1. The number of hydrogen-bond acceptors (Lipinski definition) is 4. The summed E-state index contributed by atoms with van der Waals surface area (Å²) in [5, 5.41) is 0. The molecule has 0 saturated carbocycles. The van der Waals surface area contributed by atoms with Crippen LogP contribution in [0.3, 0.4) is 0 Å². The molecule has 0 aliphatic carbocycles. The van der Waals surface area contributed by atoms with Crippen LogP contribution in [0.4, 0.5) is 5.69 Å². The highest BCUT2D eigenvalue weighted by molar-refractivity contribution is 5.78. The maximum absolute atomic E-state index is 12.0. The zero-order valence-corrected chi connectivity index (χ0v) is 11.5. The molecule has 0 heterocycles. The standard InChI is InChI=1S/C14H22N2O2/c1-10(9-16(3)4)18-14(17)11(2)12-6-5-7-13(15)8-12/h5-8,10-11H,9,15H2,1-4H3. The first-order valence-electron chi connectivity index (χ1n) is 6.10. The number of rotatable bonds is 5. The number of nitrogens with zero attached hydrogens (tertiary/aromatic N) is 1. The third-order valence-electron chi connectivity index (χ3n) is 2.70. The van der Waals surface area contributed by atoms with Crippen LogP contribution < -0.4 is 5.73 Å². The quantitative estimate of drug-likeness (QED) is 0.640. The minimum Gasteiger partial charge on any atom is -0.461 e. The van der Waals surface area contributed by atoms with Gasteiger partial charge in [-0.15, -0.1) is 0 Å². The highest BCUT2D eigenvalue weighted by atomic mass is 16.5. The van der Waals surface area contributed by atoms with Crippen molar-refractivity contribution in [1.29, 1.82) is 0 Å². The van der Waals surface area contributed by atoms with Crippen molar-refractivity contribution in [3.8, 4) is 0 Å². The summed E-state index contributed by atoms with van der Waals surface area (Å²) >= 11 is 0. The van der Waals surface area contributed by atoms with Gasteiger partial charge in [0.1, 0.15) is 6.10 Å². The Hall–Kier alpha value is -1.55. The number of benzene rings is 1. The maximum Gasteiger partial charge on any atom is 0.313 e. The lowest BCUT2D eigenvalue weighted by molar-refractivity contribution is -0.150. The molecule has 0 spiro atoms. The third-order valence-corrected chi connectivity index (χ3v) is 2.70. The molecule has 0 aliphatic heterocycles. The SMILES string of the molecule is CC(CN(C)C)OC(=O)C(C)c1cccc(N)c1. The summed E-state index contributed by atoms with van der Waals surface area (Å²) in [7, 11) is 3.90. The molecule has 0 radical (unpaired) electrons. The fourth-order valence-corrected chi connectivity index (χ4v) is 1.82. The van der Waals surface area contributed by atoms with Crippen molar-refractivity contribution >= 4 is 11.7 Å². The molecule has 0 bridgehead atoms. The Bertz CT molecular complexity index is 405. The largest absolute Gasteiger partial charge is 0.461 e. The molecular weight excluding hydrogens is 228 g/mol. The number of carbonyl (C=O) groups is 1. The predicted molar refractivity (Wildman–Crippen MR) is 73.4 cm³/mol. The lowest BCUT2D eigenvalue weighted by Crippen LogP contribution is -2.29. The van der Waals surface area contributed by atoms with Crippen molar-refractivity contribution < 1.29 is 9.53 Å². The van der Waals surface area contributed by atoms with E-state index in [2.05, 4.69) is 0 Å². The van der Waals surface area contributed by atoms with Crippen LogP contribution in [0, 0.1) is 0 Å². The first kappa shape index (κ1) is 14.5. The molecular formula is C14H22N2O2. The Morgan fingerprint density at radius 1 is 1.39 bits per heavy atom. The summed E-state index contributed by atoms with van der Waals surface area (Å²) in [6.07, 6.45) is -0.115. The van der Waals surface area contributed by atoms with Gasteiger partial charge in [0.05, 0.1) is 5.92 Å². The van der Waals surface area contributed by atoms with Crippen molar-refractivity contribution in [2.24, 2.45) is 0 Å². The lowest BCUT2D eigenvalue weighted by Gasteiger charge is -2.20. The van der Waals surface area contributed by atoms with Crippen molar-refractivity contribution in [2.45, 2.75) is 25.9 Å². The van der Waals surface area contributed by atoms with Gasteiger partial charge in [-0.3, -0.25) is 4.79 Å². The second kappa shape index (κ2) is 6.40. The summed E-state index contributed by atoms with van der Waals surface area (Å²) in [5.74, 6) is -0.506. The number of carbonyl (C=O) groups excluding carboxylic acids is 1. The molecule has 0 aromatic heterocycles. The molecule has 2 N–H and O–H groups in total. The van der Waals surface area contributed by atoms with Gasteiger partial charge in [-0.25, -0.2) is 0 Å². The Kier molecular flexibility index (Phi) is 5.16. The van der Waals surface area contributed by atoms with Crippen molar-refractivity contribution in [1.82, 2.24) is 4.90 Å². The monoisotopic (exact) mass is 250 g/mol. The van der Waals surface area contributed by atoms with E-state index in [0.29, 0.717) is 5.69 Å².